The molecule has 0 saturated carbocycles. The molecule has 0 aliphatic carbocycles. The van der Waals surface area contributed by atoms with E-state index in [-0.39, 0.29) is 6.42 Å². The second-order valence-electron chi connectivity index (χ2n) is 6.06. The first-order valence-corrected chi connectivity index (χ1v) is 8.88. The van der Waals surface area contributed by atoms with Crippen LogP contribution in [-0.4, -0.2) is 24.3 Å². The number of carbonyl (C=O) groups is 1. The van der Waals surface area contributed by atoms with E-state index in [1.807, 2.05) is 53.7 Å². The van der Waals surface area contributed by atoms with Gasteiger partial charge in [0.2, 0.25) is 0 Å². The van der Waals surface area contributed by atoms with Crippen molar-refractivity contribution in [3.8, 4) is 5.75 Å². The zero-order valence-corrected chi connectivity index (χ0v) is 15.7. The number of rotatable bonds is 9. The molecule has 0 amide bonds. The Bertz CT molecular complexity index is 536. The van der Waals surface area contributed by atoms with Crippen LogP contribution in [0.5, 0.6) is 5.75 Å². The van der Waals surface area contributed by atoms with Crippen molar-refractivity contribution < 1.29 is 23.5 Å². The Balaban J connectivity index is 3.26. The second kappa shape index (κ2) is 8.62. The molecule has 0 heterocycles. The number of hydrogen-bond acceptors (Lipinski definition) is 4. The van der Waals surface area contributed by atoms with E-state index >= 15 is 0 Å². The van der Waals surface area contributed by atoms with E-state index < -0.39 is 20.0 Å². The Kier molecular flexibility index (Phi) is 7.46. The molecule has 0 aromatic heterocycles. The van der Waals surface area contributed by atoms with Gasteiger partial charge in [0.15, 0.2) is 0 Å². The van der Waals surface area contributed by atoms with Gasteiger partial charge in [0.05, 0.1) is 19.6 Å². The van der Waals surface area contributed by atoms with Crippen LogP contribution in [0.1, 0.15) is 50.8 Å². The van der Waals surface area contributed by atoms with Crippen LogP contribution in [0, 0.1) is 13.8 Å². The minimum Gasteiger partial charge on any atom is -0.481 e. The maximum absolute atomic E-state index is 11.2. The average molecular weight is 342 g/mol. The quantitative estimate of drug-likeness (QED) is 0.657. The highest BCUT2D eigenvalue weighted by atomic mass is 31.2. The third-order valence-electron chi connectivity index (χ3n) is 3.36. The van der Waals surface area contributed by atoms with Crippen molar-refractivity contribution in [2.24, 2.45) is 0 Å². The van der Waals surface area contributed by atoms with Crippen LogP contribution >= 0.6 is 8.60 Å². The van der Waals surface area contributed by atoms with Gasteiger partial charge in [0, 0.05) is 11.0 Å². The molecule has 0 saturated heterocycles. The largest absolute Gasteiger partial charge is 0.481 e. The lowest BCUT2D eigenvalue weighted by Crippen LogP contribution is -2.24. The normalized spacial score (nSPS) is 11.8. The fourth-order valence-corrected chi connectivity index (χ4v) is 3.62. The summed E-state index contributed by atoms with van der Waals surface area (Å²) in [6.07, 6.45) is 0.0223. The van der Waals surface area contributed by atoms with E-state index in [4.69, 9.17) is 13.6 Å². The number of carboxylic acid groups (broad SMARTS) is 1. The van der Waals surface area contributed by atoms with Crippen molar-refractivity contribution in [3.05, 3.63) is 28.8 Å². The number of carboxylic acids is 1. The molecule has 6 heteroatoms. The van der Waals surface area contributed by atoms with Crippen molar-refractivity contribution in [1.29, 1.82) is 0 Å². The van der Waals surface area contributed by atoms with E-state index in [0.717, 1.165) is 16.7 Å². The summed E-state index contributed by atoms with van der Waals surface area (Å²) < 4.78 is 17.0. The lowest BCUT2D eigenvalue weighted by atomic mass is 9.78. The van der Waals surface area contributed by atoms with Crippen molar-refractivity contribution >= 4 is 14.6 Å². The molecule has 1 N–H and O–H groups in total. The first-order valence-electron chi connectivity index (χ1n) is 7.78. The number of aryl methyl sites for hydroxylation is 2. The predicted molar refractivity (Wildman–Crippen MR) is 92.0 cm³/mol. The van der Waals surface area contributed by atoms with E-state index in [1.54, 1.807) is 0 Å². The van der Waals surface area contributed by atoms with Crippen molar-refractivity contribution in [3.63, 3.8) is 0 Å². The predicted octanol–water partition coefficient (Wildman–Crippen LogP) is 4.73. The van der Waals surface area contributed by atoms with Gasteiger partial charge in [-0.25, -0.2) is 0 Å². The molecule has 23 heavy (non-hydrogen) atoms. The number of benzene rings is 1. The summed E-state index contributed by atoms with van der Waals surface area (Å²) in [5, 5.41) is 9.21. The summed E-state index contributed by atoms with van der Waals surface area (Å²) in [6.45, 7) is 12.5. The Morgan fingerprint density at radius 2 is 1.74 bits per heavy atom. The molecule has 1 aromatic carbocycles. The molecule has 1 rings (SSSR count). The standard InChI is InChI=1S/C17H27O5P/c1-7-20-23(21-8-2)22-14-10-12(3)9-13(4)16(14)17(5,6)11-15(18)19/h9-10H,7-8,11H2,1-6H3,(H,18,19). The lowest BCUT2D eigenvalue weighted by Gasteiger charge is -2.29. The van der Waals surface area contributed by atoms with Gasteiger partial charge >= 0.3 is 14.6 Å². The van der Waals surface area contributed by atoms with Crippen LogP contribution in [0.4, 0.5) is 0 Å². The minimum atomic E-state index is -1.49. The topological polar surface area (TPSA) is 65.0 Å². The van der Waals surface area contributed by atoms with Gasteiger partial charge in [-0.3, -0.25) is 4.79 Å². The molecule has 0 atom stereocenters. The molecule has 0 bridgehead atoms. The molecular weight excluding hydrogens is 315 g/mol. The molecule has 0 fully saturated rings. The minimum absolute atomic E-state index is 0.0223. The SMILES string of the molecule is CCOP(OCC)Oc1cc(C)cc(C)c1C(C)(C)CC(=O)O. The van der Waals surface area contributed by atoms with Crippen LogP contribution in [0.2, 0.25) is 0 Å². The highest BCUT2D eigenvalue weighted by Crippen LogP contribution is 2.46. The molecule has 0 aliphatic rings. The van der Waals surface area contributed by atoms with E-state index in [2.05, 4.69) is 0 Å². The van der Waals surface area contributed by atoms with Crippen LogP contribution < -0.4 is 4.52 Å². The fourth-order valence-electron chi connectivity index (χ4n) is 2.72. The smallest absolute Gasteiger partial charge is 0.397 e. The molecule has 130 valence electrons. The summed E-state index contributed by atoms with van der Waals surface area (Å²) in [5.74, 6) is -0.195. The van der Waals surface area contributed by atoms with Crippen LogP contribution in [0.15, 0.2) is 12.1 Å². The molecular formula is C17H27O5P. The van der Waals surface area contributed by atoms with Gasteiger partial charge in [-0.1, -0.05) is 19.9 Å². The zero-order chi connectivity index (χ0) is 17.6. The Morgan fingerprint density at radius 3 is 2.22 bits per heavy atom. The summed E-state index contributed by atoms with van der Waals surface area (Å²) in [6, 6.07) is 3.95. The van der Waals surface area contributed by atoms with E-state index in [9.17, 15) is 9.90 Å². The van der Waals surface area contributed by atoms with Crippen molar-refractivity contribution in [2.75, 3.05) is 13.2 Å². The summed E-state index contributed by atoms with van der Waals surface area (Å²) in [5.41, 5.74) is 2.39. The first kappa shape index (κ1) is 19.9. The third kappa shape index (κ3) is 5.76. The van der Waals surface area contributed by atoms with Crippen molar-refractivity contribution in [1.82, 2.24) is 0 Å². The van der Waals surface area contributed by atoms with Gasteiger partial charge in [-0.15, -0.1) is 0 Å². The third-order valence-corrected chi connectivity index (χ3v) is 4.64. The van der Waals surface area contributed by atoms with Gasteiger partial charge in [0.25, 0.3) is 0 Å². The Hall–Kier alpha value is -1.16. The maximum Gasteiger partial charge on any atom is 0.397 e. The first-order chi connectivity index (χ1) is 10.7. The second-order valence-corrected chi connectivity index (χ2v) is 7.21. The molecule has 1 aromatic rings. The highest BCUT2D eigenvalue weighted by molar-refractivity contribution is 7.42. The van der Waals surface area contributed by atoms with Gasteiger partial charge in [-0.2, -0.15) is 0 Å². The molecule has 0 radical (unpaired) electrons. The summed E-state index contributed by atoms with van der Waals surface area (Å²) in [4.78, 5) is 11.2. The van der Waals surface area contributed by atoms with Crippen LogP contribution in [-0.2, 0) is 19.3 Å². The lowest BCUT2D eigenvalue weighted by molar-refractivity contribution is -0.138. The zero-order valence-electron chi connectivity index (χ0n) is 14.8. The number of aliphatic carboxylic acids is 1. The molecule has 5 nitrogen and oxygen atoms in total. The van der Waals surface area contributed by atoms with Gasteiger partial charge in [0.1, 0.15) is 5.75 Å². The van der Waals surface area contributed by atoms with Gasteiger partial charge < -0.3 is 18.7 Å². The average Bonchev–Trinajstić information content (AvgIpc) is 2.36. The number of hydrogen-bond donors (Lipinski definition) is 1. The van der Waals surface area contributed by atoms with Crippen LogP contribution in [0.3, 0.4) is 0 Å². The monoisotopic (exact) mass is 342 g/mol. The summed E-state index contributed by atoms with van der Waals surface area (Å²) >= 11 is 0. The van der Waals surface area contributed by atoms with Crippen molar-refractivity contribution in [2.45, 2.75) is 53.4 Å². The molecule has 0 unspecified atom stereocenters. The summed E-state index contributed by atoms with van der Waals surface area (Å²) in [7, 11) is -1.49. The van der Waals surface area contributed by atoms with Crippen LogP contribution in [0.25, 0.3) is 0 Å². The molecule has 0 spiro atoms. The maximum atomic E-state index is 11.2. The highest BCUT2D eigenvalue weighted by Gasteiger charge is 2.31. The van der Waals surface area contributed by atoms with E-state index in [0.29, 0.717) is 19.0 Å². The Morgan fingerprint density at radius 1 is 1.17 bits per heavy atom. The fraction of sp³-hybridized carbons (Fsp3) is 0.588. The Labute approximate surface area is 140 Å². The van der Waals surface area contributed by atoms with Gasteiger partial charge in [-0.05, 0) is 44.9 Å². The molecule has 0 aliphatic heterocycles. The van der Waals surface area contributed by atoms with E-state index in [1.165, 1.54) is 0 Å².